The summed E-state index contributed by atoms with van der Waals surface area (Å²) in [5, 5.41) is 2.55. The maximum absolute atomic E-state index is 2.51. The summed E-state index contributed by atoms with van der Waals surface area (Å²) in [6.45, 7) is 6.97. The summed E-state index contributed by atoms with van der Waals surface area (Å²) in [7, 11) is 0. The van der Waals surface area contributed by atoms with Crippen LogP contribution in [-0.4, -0.2) is 0 Å². The monoisotopic (exact) mass is 605 g/mol. The van der Waals surface area contributed by atoms with E-state index in [1.165, 1.54) is 66.5 Å². The first kappa shape index (κ1) is 29.0. The second kappa shape index (κ2) is 11.8. The Bertz CT molecular complexity index is 2220. The van der Waals surface area contributed by atoms with Gasteiger partial charge in [-0.2, -0.15) is 0 Å². The van der Waals surface area contributed by atoms with Gasteiger partial charge in [0.15, 0.2) is 0 Å². The highest BCUT2D eigenvalue weighted by Crippen LogP contribution is 2.59. The Labute approximate surface area is 278 Å². The molecule has 0 amide bonds. The van der Waals surface area contributed by atoms with Crippen LogP contribution in [0.15, 0.2) is 158 Å². The number of benzene rings is 7. The van der Waals surface area contributed by atoms with Gasteiger partial charge in [0, 0.05) is 27.7 Å². The molecule has 0 atom stereocenters. The fraction of sp³-hybridized carbons (Fsp3) is 0.130. The maximum Gasteiger partial charge on any atom is 0.0621 e. The molecule has 8 rings (SSSR count). The van der Waals surface area contributed by atoms with Gasteiger partial charge in [0.1, 0.15) is 0 Å². The molecular formula is C46H39N. The standard InChI is InChI=1S/C46H39N/c1-4-46(5-2)42-27-17-16-26-41(42)44-43(46)31-34-20-12-13-24-39(34)45(44)47(35-21-10-7-11-22-35)36-28-29-37(32(3)30-36)40-25-15-14-23-38(40)33-18-8-6-9-19-33/h6-31H,4-5H2,1-3H3. The van der Waals surface area contributed by atoms with Crippen LogP contribution in [0.3, 0.4) is 0 Å². The van der Waals surface area contributed by atoms with E-state index in [2.05, 4.69) is 183 Å². The summed E-state index contributed by atoms with van der Waals surface area (Å²) < 4.78 is 0. The number of rotatable bonds is 7. The molecule has 0 saturated heterocycles. The summed E-state index contributed by atoms with van der Waals surface area (Å²) in [5.41, 5.74) is 15.4. The van der Waals surface area contributed by atoms with Crippen molar-refractivity contribution in [3.8, 4) is 33.4 Å². The second-order valence-corrected chi connectivity index (χ2v) is 12.8. The molecule has 0 spiro atoms. The Morgan fingerprint density at radius 3 is 1.83 bits per heavy atom. The number of hydrogen-bond acceptors (Lipinski definition) is 1. The third-order valence-corrected chi connectivity index (χ3v) is 10.5. The number of hydrogen-bond donors (Lipinski definition) is 0. The molecule has 0 heterocycles. The molecule has 0 N–H and O–H groups in total. The molecule has 7 aromatic rings. The first-order valence-corrected chi connectivity index (χ1v) is 16.9. The van der Waals surface area contributed by atoms with Crippen molar-refractivity contribution in [2.75, 3.05) is 4.90 Å². The van der Waals surface area contributed by atoms with Gasteiger partial charge in [0.05, 0.1) is 5.69 Å². The average molecular weight is 606 g/mol. The van der Waals surface area contributed by atoms with Crippen molar-refractivity contribution in [2.45, 2.75) is 39.0 Å². The highest BCUT2D eigenvalue weighted by molar-refractivity contribution is 6.10. The molecule has 0 radical (unpaired) electrons. The molecular weight excluding hydrogens is 567 g/mol. The van der Waals surface area contributed by atoms with Gasteiger partial charge in [-0.1, -0.05) is 141 Å². The van der Waals surface area contributed by atoms with Crippen molar-refractivity contribution in [1.29, 1.82) is 0 Å². The van der Waals surface area contributed by atoms with Crippen LogP contribution in [0.4, 0.5) is 17.1 Å². The molecule has 1 heteroatoms. The fourth-order valence-corrected chi connectivity index (χ4v) is 8.15. The first-order chi connectivity index (χ1) is 23.1. The Kier molecular flexibility index (Phi) is 7.26. The van der Waals surface area contributed by atoms with Crippen molar-refractivity contribution in [3.05, 3.63) is 174 Å². The van der Waals surface area contributed by atoms with Crippen LogP contribution in [-0.2, 0) is 5.41 Å². The average Bonchev–Trinajstić information content (AvgIpc) is 3.42. The van der Waals surface area contributed by atoms with E-state index in [0.717, 1.165) is 24.2 Å². The highest BCUT2D eigenvalue weighted by Gasteiger charge is 2.43. The van der Waals surface area contributed by atoms with Gasteiger partial charge >= 0.3 is 0 Å². The zero-order chi connectivity index (χ0) is 32.0. The van der Waals surface area contributed by atoms with Gasteiger partial charge in [-0.05, 0) is 100.0 Å². The van der Waals surface area contributed by atoms with E-state index in [4.69, 9.17) is 0 Å². The number of fused-ring (bicyclic) bond motifs is 4. The van der Waals surface area contributed by atoms with E-state index >= 15 is 0 Å². The predicted octanol–water partition coefficient (Wildman–Crippen LogP) is 13.0. The van der Waals surface area contributed by atoms with Crippen LogP contribution < -0.4 is 4.90 Å². The van der Waals surface area contributed by atoms with E-state index < -0.39 is 0 Å². The zero-order valence-corrected chi connectivity index (χ0v) is 27.4. The highest BCUT2D eigenvalue weighted by atomic mass is 15.1. The van der Waals surface area contributed by atoms with E-state index in [9.17, 15) is 0 Å². The number of aryl methyl sites for hydroxylation is 1. The van der Waals surface area contributed by atoms with Crippen molar-refractivity contribution in [1.82, 2.24) is 0 Å². The van der Waals surface area contributed by atoms with Gasteiger partial charge in [-0.3, -0.25) is 0 Å². The molecule has 0 aliphatic heterocycles. The molecule has 0 bridgehead atoms. The van der Waals surface area contributed by atoms with E-state index in [1.807, 2.05) is 0 Å². The summed E-state index contributed by atoms with van der Waals surface area (Å²) in [6.07, 6.45) is 2.12. The Morgan fingerprint density at radius 2 is 1.11 bits per heavy atom. The van der Waals surface area contributed by atoms with Gasteiger partial charge in [0.25, 0.3) is 0 Å². The van der Waals surface area contributed by atoms with Crippen molar-refractivity contribution < 1.29 is 0 Å². The van der Waals surface area contributed by atoms with Gasteiger partial charge in [-0.25, -0.2) is 0 Å². The number of para-hydroxylation sites is 1. The lowest BCUT2D eigenvalue weighted by Crippen LogP contribution is -2.23. The van der Waals surface area contributed by atoms with Crippen molar-refractivity contribution in [3.63, 3.8) is 0 Å². The quantitative estimate of drug-likeness (QED) is 0.175. The van der Waals surface area contributed by atoms with Crippen LogP contribution in [0.5, 0.6) is 0 Å². The molecule has 47 heavy (non-hydrogen) atoms. The lowest BCUT2D eigenvalue weighted by atomic mass is 9.73. The van der Waals surface area contributed by atoms with Gasteiger partial charge < -0.3 is 4.90 Å². The lowest BCUT2D eigenvalue weighted by molar-refractivity contribution is 0.491. The van der Waals surface area contributed by atoms with Crippen LogP contribution in [0, 0.1) is 6.92 Å². The van der Waals surface area contributed by atoms with Crippen LogP contribution in [0.1, 0.15) is 43.4 Å². The molecule has 1 aliphatic carbocycles. The fourth-order valence-electron chi connectivity index (χ4n) is 8.15. The molecule has 0 unspecified atom stereocenters. The first-order valence-electron chi connectivity index (χ1n) is 16.9. The predicted molar refractivity (Wildman–Crippen MR) is 201 cm³/mol. The van der Waals surface area contributed by atoms with Crippen LogP contribution in [0.2, 0.25) is 0 Å². The second-order valence-electron chi connectivity index (χ2n) is 12.8. The van der Waals surface area contributed by atoms with Crippen molar-refractivity contribution in [2.24, 2.45) is 0 Å². The van der Waals surface area contributed by atoms with Crippen LogP contribution in [0.25, 0.3) is 44.2 Å². The SMILES string of the molecule is CCC1(CC)c2ccccc2-c2c1cc1ccccc1c2N(c1ccccc1)c1ccc(-c2ccccc2-c2ccccc2)c(C)c1. The van der Waals surface area contributed by atoms with Crippen LogP contribution >= 0.6 is 0 Å². The van der Waals surface area contributed by atoms with E-state index in [0.29, 0.717) is 0 Å². The van der Waals surface area contributed by atoms with Gasteiger partial charge in [-0.15, -0.1) is 0 Å². The minimum atomic E-state index is -0.0199. The van der Waals surface area contributed by atoms with E-state index in [1.54, 1.807) is 0 Å². The summed E-state index contributed by atoms with van der Waals surface area (Å²) in [5.74, 6) is 0. The summed E-state index contributed by atoms with van der Waals surface area (Å²) in [4.78, 5) is 2.51. The summed E-state index contributed by atoms with van der Waals surface area (Å²) >= 11 is 0. The topological polar surface area (TPSA) is 3.24 Å². The smallest absolute Gasteiger partial charge is 0.0621 e. The Hall–Kier alpha value is -5.40. The largest absolute Gasteiger partial charge is 0.309 e. The Balaban J connectivity index is 1.40. The molecule has 0 aromatic heterocycles. The number of anilines is 3. The molecule has 0 fully saturated rings. The molecule has 7 aromatic carbocycles. The van der Waals surface area contributed by atoms with E-state index in [-0.39, 0.29) is 5.41 Å². The number of nitrogens with zero attached hydrogens (tertiary/aromatic N) is 1. The maximum atomic E-state index is 2.51. The Morgan fingerprint density at radius 1 is 0.489 bits per heavy atom. The van der Waals surface area contributed by atoms with Crippen molar-refractivity contribution >= 4 is 27.8 Å². The minimum absolute atomic E-state index is 0.0199. The third kappa shape index (κ3) is 4.61. The lowest BCUT2D eigenvalue weighted by Gasteiger charge is -2.32. The minimum Gasteiger partial charge on any atom is -0.309 e. The molecule has 0 saturated carbocycles. The summed E-state index contributed by atoms with van der Waals surface area (Å²) in [6, 6.07) is 58.0. The third-order valence-electron chi connectivity index (χ3n) is 10.5. The molecule has 228 valence electrons. The van der Waals surface area contributed by atoms with Gasteiger partial charge in [0.2, 0.25) is 0 Å². The molecule has 1 nitrogen and oxygen atoms in total. The zero-order valence-electron chi connectivity index (χ0n) is 27.4. The molecule has 1 aliphatic rings. The normalized spacial score (nSPS) is 12.9.